The van der Waals surface area contributed by atoms with Crippen LogP contribution in [0.25, 0.3) is 0 Å². The molecular formula is C12H18NO6P. The number of nitro groups is 1. The average Bonchev–Trinajstić information content (AvgIpc) is 2.38. The van der Waals surface area contributed by atoms with E-state index < -0.39 is 12.7 Å². The molecule has 1 unspecified atom stereocenters. The van der Waals surface area contributed by atoms with Crippen LogP contribution in [-0.2, 0) is 9.09 Å². The molecule has 0 saturated heterocycles. The molecule has 1 N–H and O–H groups in total. The Bertz CT molecular complexity index is 475. The van der Waals surface area contributed by atoms with Crippen molar-refractivity contribution in [1.29, 1.82) is 0 Å². The monoisotopic (exact) mass is 303 g/mol. The van der Waals surface area contributed by atoms with Gasteiger partial charge in [-0.05, 0) is 18.6 Å². The number of benzene rings is 1. The molecule has 0 bridgehead atoms. The van der Waals surface area contributed by atoms with Crippen LogP contribution >= 0.6 is 7.82 Å². The summed E-state index contributed by atoms with van der Waals surface area (Å²) in [7, 11) is -4.17. The van der Waals surface area contributed by atoms with E-state index in [9.17, 15) is 19.6 Å². The molecule has 0 amide bonds. The maximum absolute atomic E-state index is 11.6. The molecular weight excluding hydrogens is 285 g/mol. The maximum Gasteiger partial charge on any atom is 0.527 e. The van der Waals surface area contributed by atoms with Crippen LogP contribution in [-0.4, -0.2) is 16.4 Å². The van der Waals surface area contributed by atoms with E-state index >= 15 is 0 Å². The molecule has 1 aromatic carbocycles. The lowest BCUT2D eigenvalue weighted by Crippen LogP contribution is -1.99. The van der Waals surface area contributed by atoms with Crippen molar-refractivity contribution in [2.45, 2.75) is 32.6 Å². The Morgan fingerprint density at radius 2 is 1.90 bits per heavy atom. The minimum Gasteiger partial charge on any atom is -0.404 e. The largest absolute Gasteiger partial charge is 0.527 e. The normalized spacial score (nSPS) is 13.7. The quantitative estimate of drug-likeness (QED) is 0.323. The summed E-state index contributed by atoms with van der Waals surface area (Å²) in [6, 6.07) is 4.88. The molecule has 7 nitrogen and oxygen atoms in total. The summed E-state index contributed by atoms with van der Waals surface area (Å²) in [5.74, 6) is 0.0509. The zero-order valence-electron chi connectivity index (χ0n) is 11.2. The highest BCUT2D eigenvalue weighted by molar-refractivity contribution is 7.47. The van der Waals surface area contributed by atoms with E-state index in [4.69, 9.17) is 9.05 Å². The highest BCUT2D eigenvalue weighted by Gasteiger charge is 2.22. The van der Waals surface area contributed by atoms with Crippen LogP contribution in [0, 0.1) is 10.1 Å². The first-order valence-electron chi connectivity index (χ1n) is 6.36. The van der Waals surface area contributed by atoms with Gasteiger partial charge in [0.2, 0.25) is 0 Å². The summed E-state index contributed by atoms with van der Waals surface area (Å²) < 4.78 is 21.2. The average molecular weight is 303 g/mol. The molecule has 0 fully saturated rings. The Morgan fingerprint density at radius 3 is 2.45 bits per heavy atom. The number of hydrogen-bond acceptors (Lipinski definition) is 5. The fourth-order valence-electron chi connectivity index (χ4n) is 1.50. The van der Waals surface area contributed by atoms with Crippen LogP contribution < -0.4 is 4.52 Å². The lowest BCUT2D eigenvalue weighted by molar-refractivity contribution is -0.384. The van der Waals surface area contributed by atoms with Crippen LogP contribution in [0.2, 0.25) is 0 Å². The van der Waals surface area contributed by atoms with Gasteiger partial charge in [0, 0.05) is 12.1 Å². The number of unbranched alkanes of at least 4 members (excludes halogenated alkanes) is 3. The van der Waals surface area contributed by atoms with Crippen molar-refractivity contribution in [3.63, 3.8) is 0 Å². The van der Waals surface area contributed by atoms with Gasteiger partial charge in [0.15, 0.2) is 0 Å². The Kier molecular flexibility index (Phi) is 6.64. The molecule has 0 heterocycles. The third kappa shape index (κ3) is 6.14. The first-order chi connectivity index (χ1) is 9.44. The molecule has 1 rings (SSSR count). The fraction of sp³-hybridized carbons (Fsp3) is 0.500. The first kappa shape index (κ1) is 16.6. The molecule has 1 aromatic rings. The summed E-state index contributed by atoms with van der Waals surface area (Å²) in [4.78, 5) is 19.4. The van der Waals surface area contributed by atoms with Gasteiger partial charge in [0.1, 0.15) is 5.75 Å². The van der Waals surface area contributed by atoms with E-state index in [1.54, 1.807) is 0 Å². The lowest BCUT2D eigenvalue weighted by atomic mass is 10.2. The molecule has 112 valence electrons. The Labute approximate surface area is 117 Å². The van der Waals surface area contributed by atoms with Crippen molar-refractivity contribution in [2.75, 3.05) is 6.61 Å². The standard InChI is InChI=1S/C12H18NO6P/c1-2-3-4-5-10-18-20(16,17)19-12-8-6-11(7-9-12)13(14)15/h6-9H,2-5,10H2,1H3,(H,16,17). The SMILES string of the molecule is CCCCCCOP(=O)(O)Oc1ccc([N+](=O)[O-])cc1. The zero-order valence-corrected chi connectivity index (χ0v) is 12.1. The zero-order chi connectivity index (χ0) is 15.0. The minimum atomic E-state index is -4.17. The van der Waals surface area contributed by atoms with E-state index in [1.165, 1.54) is 24.3 Å². The van der Waals surface area contributed by atoms with Gasteiger partial charge < -0.3 is 4.52 Å². The van der Waals surface area contributed by atoms with Crippen LogP contribution in [0.3, 0.4) is 0 Å². The van der Waals surface area contributed by atoms with Crippen LogP contribution in [0.15, 0.2) is 24.3 Å². The Balaban J connectivity index is 2.44. The van der Waals surface area contributed by atoms with Crippen LogP contribution in [0.1, 0.15) is 32.6 Å². The van der Waals surface area contributed by atoms with E-state index in [0.29, 0.717) is 6.42 Å². The van der Waals surface area contributed by atoms with Gasteiger partial charge in [0.25, 0.3) is 5.69 Å². The van der Waals surface area contributed by atoms with Gasteiger partial charge in [0.05, 0.1) is 11.5 Å². The van der Waals surface area contributed by atoms with Gasteiger partial charge in [-0.25, -0.2) is 4.57 Å². The molecule has 0 aliphatic rings. The summed E-state index contributed by atoms with van der Waals surface area (Å²) in [5.41, 5.74) is -0.120. The molecule has 0 spiro atoms. The van der Waals surface area contributed by atoms with E-state index in [1.807, 2.05) is 0 Å². The van der Waals surface area contributed by atoms with Crippen molar-refractivity contribution in [3.8, 4) is 5.75 Å². The van der Waals surface area contributed by atoms with Gasteiger partial charge in [-0.2, -0.15) is 0 Å². The number of rotatable bonds is 9. The van der Waals surface area contributed by atoms with Crippen molar-refractivity contribution in [1.82, 2.24) is 0 Å². The lowest BCUT2D eigenvalue weighted by Gasteiger charge is -2.12. The van der Waals surface area contributed by atoms with Crippen LogP contribution in [0.5, 0.6) is 5.75 Å². The second-order valence-electron chi connectivity index (χ2n) is 4.20. The van der Waals surface area contributed by atoms with Gasteiger partial charge in [-0.3, -0.25) is 19.5 Å². The third-order valence-corrected chi connectivity index (χ3v) is 3.47. The summed E-state index contributed by atoms with van der Waals surface area (Å²) in [6.07, 6.45) is 3.72. The number of non-ortho nitro benzene ring substituents is 1. The third-order valence-electron chi connectivity index (χ3n) is 2.52. The summed E-state index contributed by atoms with van der Waals surface area (Å²) >= 11 is 0. The Hall–Kier alpha value is -1.43. The van der Waals surface area contributed by atoms with Crippen molar-refractivity contribution in [2.24, 2.45) is 0 Å². The van der Waals surface area contributed by atoms with Crippen molar-refractivity contribution >= 4 is 13.5 Å². The molecule has 1 atom stereocenters. The first-order valence-corrected chi connectivity index (χ1v) is 7.85. The predicted octanol–water partition coefficient (Wildman–Crippen LogP) is 3.67. The van der Waals surface area contributed by atoms with E-state index in [2.05, 4.69) is 6.92 Å². The van der Waals surface area contributed by atoms with Crippen molar-refractivity contribution < 1.29 is 23.4 Å². The number of nitrogens with zero attached hydrogens (tertiary/aromatic N) is 1. The highest BCUT2D eigenvalue weighted by Crippen LogP contribution is 2.44. The van der Waals surface area contributed by atoms with Gasteiger partial charge >= 0.3 is 7.82 Å². The molecule has 0 radical (unpaired) electrons. The maximum atomic E-state index is 11.6. The molecule has 0 aliphatic heterocycles. The second kappa shape index (κ2) is 7.99. The van der Waals surface area contributed by atoms with Crippen molar-refractivity contribution in [3.05, 3.63) is 34.4 Å². The number of phosphoric ester groups is 1. The predicted molar refractivity (Wildman–Crippen MR) is 73.6 cm³/mol. The molecule has 8 heteroatoms. The molecule has 0 aromatic heterocycles. The molecule has 20 heavy (non-hydrogen) atoms. The fourth-order valence-corrected chi connectivity index (χ4v) is 2.30. The van der Waals surface area contributed by atoms with E-state index in [-0.39, 0.29) is 18.0 Å². The smallest absolute Gasteiger partial charge is 0.404 e. The van der Waals surface area contributed by atoms with Gasteiger partial charge in [-0.1, -0.05) is 26.2 Å². The molecule has 0 aliphatic carbocycles. The topological polar surface area (TPSA) is 98.9 Å². The summed E-state index contributed by atoms with van der Waals surface area (Å²) in [6.45, 7) is 2.20. The number of hydrogen-bond donors (Lipinski definition) is 1. The Morgan fingerprint density at radius 1 is 1.25 bits per heavy atom. The van der Waals surface area contributed by atoms with Crippen LogP contribution in [0.4, 0.5) is 5.69 Å². The minimum absolute atomic E-state index is 0.0509. The van der Waals surface area contributed by atoms with E-state index in [0.717, 1.165) is 19.3 Å². The summed E-state index contributed by atoms with van der Waals surface area (Å²) in [5, 5.41) is 10.5. The molecule has 0 saturated carbocycles. The number of nitro benzene ring substituents is 1. The number of phosphoric acid groups is 1. The second-order valence-corrected chi connectivity index (χ2v) is 5.58. The highest BCUT2D eigenvalue weighted by atomic mass is 31.2. The van der Waals surface area contributed by atoms with Gasteiger partial charge in [-0.15, -0.1) is 0 Å².